The minimum Gasteiger partial charge on any atom is -0.420 e. The number of rotatable bonds is 1. The molecule has 122 valence electrons. The summed E-state index contributed by atoms with van der Waals surface area (Å²) in [6.45, 7) is 5.70. The zero-order valence-electron chi connectivity index (χ0n) is 13.7. The van der Waals surface area contributed by atoms with E-state index in [9.17, 15) is 9.59 Å². The van der Waals surface area contributed by atoms with Gasteiger partial charge in [0.1, 0.15) is 5.54 Å². The Balaban J connectivity index is 1.96. The molecular formula is C18H21NO4. The quantitative estimate of drug-likeness (QED) is 0.745. The number of hydrogen-bond acceptors (Lipinski definition) is 4. The molecule has 0 bridgehead atoms. The van der Waals surface area contributed by atoms with E-state index in [1.54, 1.807) is 11.8 Å². The minimum absolute atomic E-state index is 0.240. The van der Waals surface area contributed by atoms with Gasteiger partial charge in [0.2, 0.25) is 0 Å². The lowest BCUT2D eigenvalue weighted by Gasteiger charge is -2.43. The van der Waals surface area contributed by atoms with Crippen molar-refractivity contribution in [1.29, 1.82) is 0 Å². The van der Waals surface area contributed by atoms with E-state index in [0.29, 0.717) is 0 Å². The van der Waals surface area contributed by atoms with Crippen LogP contribution in [0.25, 0.3) is 0 Å². The summed E-state index contributed by atoms with van der Waals surface area (Å²) in [6.07, 6.45) is 2.99. The third-order valence-corrected chi connectivity index (χ3v) is 5.77. The number of esters is 1. The molecule has 1 aromatic carbocycles. The monoisotopic (exact) mass is 315 g/mol. The van der Waals surface area contributed by atoms with Crippen LogP contribution in [0.5, 0.6) is 0 Å². The second-order valence-electron chi connectivity index (χ2n) is 7.03. The maximum absolute atomic E-state index is 12.8. The Labute approximate surface area is 135 Å². The van der Waals surface area contributed by atoms with Crippen molar-refractivity contribution in [2.45, 2.75) is 57.8 Å². The predicted octanol–water partition coefficient (Wildman–Crippen LogP) is 3.46. The van der Waals surface area contributed by atoms with Crippen LogP contribution in [0.2, 0.25) is 0 Å². The lowest BCUT2D eigenvalue weighted by molar-refractivity contribution is -0.182. The zero-order valence-corrected chi connectivity index (χ0v) is 13.7. The van der Waals surface area contributed by atoms with Crippen molar-refractivity contribution < 1.29 is 19.1 Å². The van der Waals surface area contributed by atoms with Crippen LogP contribution in [0.4, 0.5) is 10.5 Å². The molecule has 0 aromatic heterocycles. The number of aryl methyl sites for hydroxylation is 2. The van der Waals surface area contributed by atoms with Crippen molar-refractivity contribution in [1.82, 2.24) is 0 Å². The van der Waals surface area contributed by atoms with Gasteiger partial charge < -0.3 is 9.47 Å². The fourth-order valence-corrected chi connectivity index (χ4v) is 4.77. The van der Waals surface area contributed by atoms with Gasteiger partial charge in [0.05, 0.1) is 11.6 Å². The van der Waals surface area contributed by atoms with Crippen molar-refractivity contribution in [3.63, 3.8) is 0 Å². The van der Waals surface area contributed by atoms with Crippen molar-refractivity contribution in [2.75, 3.05) is 4.90 Å². The van der Waals surface area contributed by atoms with Crippen molar-refractivity contribution in [3.05, 3.63) is 29.3 Å². The lowest BCUT2D eigenvalue weighted by Crippen LogP contribution is -2.60. The summed E-state index contributed by atoms with van der Waals surface area (Å²) in [5, 5.41) is 0. The van der Waals surface area contributed by atoms with Gasteiger partial charge in [-0.3, -0.25) is 9.69 Å². The lowest BCUT2D eigenvalue weighted by atomic mass is 9.69. The first-order valence-corrected chi connectivity index (χ1v) is 8.23. The molecule has 0 unspecified atom stereocenters. The number of anilines is 1. The van der Waals surface area contributed by atoms with Crippen LogP contribution in [0.15, 0.2) is 18.2 Å². The maximum atomic E-state index is 12.8. The molecule has 5 nitrogen and oxygen atoms in total. The number of ether oxygens (including phenoxy) is 2. The van der Waals surface area contributed by atoms with Crippen LogP contribution >= 0.6 is 0 Å². The van der Waals surface area contributed by atoms with Gasteiger partial charge in [0.25, 0.3) is 5.79 Å². The van der Waals surface area contributed by atoms with Gasteiger partial charge in [-0.15, -0.1) is 0 Å². The summed E-state index contributed by atoms with van der Waals surface area (Å²) < 4.78 is 11.2. The van der Waals surface area contributed by atoms with Crippen molar-refractivity contribution in [3.8, 4) is 0 Å². The number of carbonyl (C=O) groups excluding carboxylic acids is 2. The highest BCUT2D eigenvalue weighted by molar-refractivity contribution is 5.98. The molecule has 2 saturated heterocycles. The van der Waals surface area contributed by atoms with E-state index < -0.39 is 17.4 Å². The normalized spacial score (nSPS) is 35.6. The predicted molar refractivity (Wildman–Crippen MR) is 84.1 cm³/mol. The van der Waals surface area contributed by atoms with Gasteiger partial charge in [-0.05, 0) is 37.8 Å². The standard InChI is InChI=1S/C18H21NO4/c1-11-7-6-8-12(2)14(11)19-16(21)23-17(3)18(19)10-5-4-9-13(18)15(20)22-17/h6-8,13H,4-5,9-10H2,1-3H3/t13-,17+,18+/m1/s1. The number of hydrogen-bond donors (Lipinski definition) is 0. The molecule has 4 rings (SSSR count). The van der Waals surface area contributed by atoms with Gasteiger partial charge in [0, 0.05) is 6.92 Å². The highest BCUT2D eigenvalue weighted by Gasteiger charge is 2.75. The highest BCUT2D eigenvalue weighted by Crippen LogP contribution is 2.58. The number of nitrogens with zero attached hydrogens (tertiary/aromatic N) is 1. The van der Waals surface area contributed by atoms with Gasteiger partial charge in [-0.25, -0.2) is 4.79 Å². The zero-order chi connectivity index (χ0) is 16.4. The molecule has 3 aliphatic rings. The largest absolute Gasteiger partial charge is 0.420 e. The third kappa shape index (κ3) is 1.62. The summed E-state index contributed by atoms with van der Waals surface area (Å²) in [4.78, 5) is 26.9. The van der Waals surface area contributed by atoms with Crippen LogP contribution in [0, 0.1) is 19.8 Å². The molecule has 1 aliphatic carbocycles. The second kappa shape index (κ2) is 4.49. The Kier molecular flexibility index (Phi) is 2.84. The molecule has 0 radical (unpaired) electrons. The van der Waals surface area contributed by atoms with Gasteiger partial charge in [-0.1, -0.05) is 31.0 Å². The van der Waals surface area contributed by atoms with Crippen LogP contribution in [-0.2, 0) is 14.3 Å². The van der Waals surface area contributed by atoms with Crippen LogP contribution in [-0.4, -0.2) is 23.4 Å². The van der Waals surface area contributed by atoms with Gasteiger partial charge in [0.15, 0.2) is 0 Å². The Bertz CT molecular complexity index is 695. The Morgan fingerprint density at radius 1 is 1.13 bits per heavy atom. The Morgan fingerprint density at radius 3 is 2.52 bits per heavy atom. The summed E-state index contributed by atoms with van der Waals surface area (Å²) in [7, 11) is 0. The smallest absolute Gasteiger partial charge is 0.418 e. The fourth-order valence-electron chi connectivity index (χ4n) is 4.77. The molecule has 1 spiro atoms. The number of carbonyl (C=O) groups is 2. The van der Waals surface area contributed by atoms with E-state index in [1.807, 2.05) is 32.0 Å². The van der Waals surface area contributed by atoms with Crippen LogP contribution in [0.3, 0.4) is 0 Å². The molecule has 5 heteroatoms. The molecule has 2 heterocycles. The summed E-state index contributed by atoms with van der Waals surface area (Å²) in [5.74, 6) is -1.75. The average Bonchev–Trinajstić information content (AvgIpc) is 2.82. The van der Waals surface area contributed by atoms with E-state index in [1.165, 1.54) is 0 Å². The van der Waals surface area contributed by atoms with Crippen LogP contribution in [0.1, 0.15) is 43.7 Å². The van der Waals surface area contributed by atoms with Gasteiger partial charge >= 0.3 is 12.1 Å². The first-order chi connectivity index (χ1) is 10.9. The molecule has 3 fully saturated rings. The molecule has 1 aromatic rings. The number of para-hydroxylation sites is 1. The molecule has 23 heavy (non-hydrogen) atoms. The molecular weight excluding hydrogens is 294 g/mol. The fraction of sp³-hybridized carbons (Fsp3) is 0.556. The van der Waals surface area contributed by atoms with Crippen molar-refractivity contribution >= 4 is 17.7 Å². The van der Waals surface area contributed by atoms with E-state index in [0.717, 1.165) is 42.5 Å². The molecule has 0 N–H and O–H groups in total. The molecule has 3 atom stereocenters. The first kappa shape index (κ1) is 14.5. The van der Waals surface area contributed by atoms with Gasteiger partial charge in [-0.2, -0.15) is 0 Å². The first-order valence-electron chi connectivity index (χ1n) is 8.23. The molecule has 2 aliphatic heterocycles. The number of benzene rings is 1. The second-order valence-corrected chi connectivity index (χ2v) is 7.03. The van der Waals surface area contributed by atoms with E-state index in [2.05, 4.69) is 0 Å². The SMILES string of the molecule is Cc1cccc(C)c1N1C(=O)O[C@]2(C)OC(=O)[C@H]3CCCC[C@@]312. The summed E-state index contributed by atoms with van der Waals surface area (Å²) in [6, 6.07) is 5.94. The highest BCUT2D eigenvalue weighted by atomic mass is 16.8. The topological polar surface area (TPSA) is 55.8 Å². The average molecular weight is 315 g/mol. The maximum Gasteiger partial charge on any atom is 0.418 e. The summed E-state index contributed by atoms with van der Waals surface area (Å²) in [5.41, 5.74) is 2.14. The van der Waals surface area contributed by atoms with E-state index in [4.69, 9.17) is 9.47 Å². The van der Waals surface area contributed by atoms with E-state index >= 15 is 0 Å². The van der Waals surface area contributed by atoms with E-state index in [-0.39, 0.29) is 11.9 Å². The molecule has 1 amide bonds. The van der Waals surface area contributed by atoms with Crippen LogP contribution < -0.4 is 4.90 Å². The molecule has 1 saturated carbocycles. The third-order valence-electron chi connectivity index (χ3n) is 5.77. The minimum atomic E-state index is -1.19. The summed E-state index contributed by atoms with van der Waals surface area (Å²) >= 11 is 0. The Morgan fingerprint density at radius 2 is 1.83 bits per heavy atom. The van der Waals surface area contributed by atoms with Crippen molar-refractivity contribution in [2.24, 2.45) is 5.92 Å². The number of amides is 1. The Hall–Kier alpha value is -2.04.